The predicted octanol–water partition coefficient (Wildman–Crippen LogP) is 5.95. The van der Waals surface area contributed by atoms with Crippen LogP contribution in [0.1, 0.15) is 91.5 Å². The lowest BCUT2D eigenvalue weighted by Crippen LogP contribution is -2.23. The van der Waals surface area contributed by atoms with E-state index in [0.717, 1.165) is 0 Å². The van der Waals surface area contributed by atoms with Crippen molar-refractivity contribution < 1.29 is 0 Å². The Morgan fingerprint density at radius 1 is 0.667 bits per heavy atom. The molecule has 0 nitrogen and oxygen atoms in total. The lowest BCUT2D eigenvalue weighted by atomic mass is 9.72. The van der Waals surface area contributed by atoms with E-state index in [1.54, 1.807) is 0 Å². The van der Waals surface area contributed by atoms with Crippen LogP contribution in [0.3, 0.4) is 0 Å². The van der Waals surface area contributed by atoms with Gasteiger partial charge in [0, 0.05) is 5.56 Å². The fraction of sp³-hybridized carbons (Fsp3) is 0.619. The first-order chi connectivity index (χ1) is 9.28. The molecule has 0 unspecified atom stereocenters. The highest BCUT2D eigenvalue weighted by molar-refractivity contribution is 5.55. The molecule has 0 saturated carbocycles. The zero-order valence-corrected chi connectivity index (χ0v) is 15.7. The van der Waals surface area contributed by atoms with Gasteiger partial charge < -0.3 is 0 Å². The minimum absolute atomic E-state index is 0.0977. The highest BCUT2D eigenvalue weighted by Gasteiger charge is 2.28. The number of rotatable bonds is 0. The van der Waals surface area contributed by atoms with Gasteiger partial charge in [-0.2, -0.15) is 0 Å². The molecule has 0 aliphatic carbocycles. The van der Waals surface area contributed by atoms with Crippen molar-refractivity contribution in [2.75, 3.05) is 0 Å². The van der Waals surface area contributed by atoms with Crippen molar-refractivity contribution in [2.24, 2.45) is 0 Å². The maximum atomic E-state index is 3.39. The zero-order valence-electron chi connectivity index (χ0n) is 15.7. The zero-order chi connectivity index (χ0) is 16.6. The summed E-state index contributed by atoms with van der Waals surface area (Å²) in [6.07, 6.45) is 0. The molecule has 1 aromatic carbocycles. The van der Waals surface area contributed by atoms with Crippen molar-refractivity contribution in [1.29, 1.82) is 0 Å². The minimum atomic E-state index is 0.0977. The second-order valence-corrected chi connectivity index (χ2v) is 9.07. The Morgan fingerprint density at radius 3 is 1.29 bits per heavy atom. The fourth-order valence-electron chi connectivity index (χ4n) is 2.52. The maximum absolute atomic E-state index is 3.39. The van der Waals surface area contributed by atoms with E-state index in [9.17, 15) is 0 Å². The largest absolute Gasteiger partial charge is 0.101 e. The normalized spacial score (nSPS) is 12.9. The highest BCUT2D eigenvalue weighted by atomic mass is 14.3. The molecule has 1 rings (SSSR count). The third kappa shape index (κ3) is 4.13. The average Bonchev–Trinajstić information content (AvgIpc) is 2.24. The summed E-state index contributed by atoms with van der Waals surface area (Å²) in [7, 11) is 0. The van der Waals surface area contributed by atoms with Crippen molar-refractivity contribution >= 4 is 0 Å². The Kier molecular flexibility index (Phi) is 4.69. The van der Waals surface area contributed by atoms with E-state index < -0.39 is 0 Å². The molecule has 0 saturated heterocycles. The van der Waals surface area contributed by atoms with Gasteiger partial charge in [-0.1, -0.05) is 80.4 Å². The van der Waals surface area contributed by atoms with Gasteiger partial charge in [-0.15, -0.1) is 5.92 Å². The van der Waals surface area contributed by atoms with Crippen molar-refractivity contribution in [1.82, 2.24) is 0 Å². The predicted molar refractivity (Wildman–Crippen MR) is 95.1 cm³/mol. The first-order valence-electron chi connectivity index (χ1n) is 7.90. The Balaban J connectivity index is 3.87. The van der Waals surface area contributed by atoms with Crippen LogP contribution in [-0.4, -0.2) is 0 Å². The Bertz CT molecular complexity index is 535. The first kappa shape index (κ1) is 17.8. The molecule has 116 valence electrons. The summed E-state index contributed by atoms with van der Waals surface area (Å²) in [4.78, 5) is 0. The molecule has 0 aliphatic rings. The lowest BCUT2D eigenvalue weighted by molar-refractivity contribution is 0.546. The van der Waals surface area contributed by atoms with Gasteiger partial charge in [0.1, 0.15) is 0 Å². The molecule has 0 N–H and O–H groups in total. The number of hydrogen-bond donors (Lipinski definition) is 0. The monoisotopic (exact) mass is 284 g/mol. The minimum Gasteiger partial charge on any atom is -0.101 e. The van der Waals surface area contributed by atoms with Gasteiger partial charge >= 0.3 is 0 Å². The van der Waals surface area contributed by atoms with E-state index in [-0.39, 0.29) is 16.2 Å². The van der Waals surface area contributed by atoms with Crippen molar-refractivity contribution in [2.45, 2.75) is 85.5 Å². The number of benzene rings is 1. The molecular formula is C21H32. The molecule has 0 amide bonds. The van der Waals surface area contributed by atoms with Crippen LogP contribution in [-0.2, 0) is 16.2 Å². The van der Waals surface area contributed by atoms with E-state index in [2.05, 4.69) is 86.3 Å². The van der Waals surface area contributed by atoms with Crippen LogP contribution in [0.5, 0.6) is 0 Å². The second kappa shape index (κ2) is 5.53. The molecule has 0 heterocycles. The Hall–Kier alpha value is -1.22. The van der Waals surface area contributed by atoms with Crippen LogP contribution in [0.2, 0.25) is 0 Å². The third-order valence-corrected chi connectivity index (χ3v) is 3.87. The molecule has 0 atom stereocenters. The first-order valence-corrected chi connectivity index (χ1v) is 7.90. The van der Waals surface area contributed by atoms with E-state index in [4.69, 9.17) is 0 Å². The molecule has 21 heavy (non-hydrogen) atoms. The van der Waals surface area contributed by atoms with Crippen LogP contribution in [0, 0.1) is 11.8 Å². The van der Waals surface area contributed by atoms with Gasteiger partial charge in [0.2, 0.25) is 0 Å². The van der Waals surface area contributed by atoms with E-state index in [0.29, 0.717) is 0 Å². The van der Waals surface area contributed by atoms with Gasteiger partial charge in [-0.05, 0) is 39.9 Å². The summed E-state index contributed by atoms with van der Waals surface area (Å²) in [5, 5.41) is 0. The summed E-state index contributed by atoms with van der Waals surface area (Å²) >= 11 is 0. The van der Waals surface area contributed by atoms with Crippen molar-refractivity contribution in [3.05, 3.63) is 34.4 Å². The Morgan fingerprint density at radius 2 is 1.05 bits per heavy atom. The summed E-state index contributed by atoms with van der Waals surface area (Å²) in [5.74, 6) is 6.50. The molecular weight excluding hydrogens is 252 g/mol. The van der Waals surface area contributed by atoms with Crippen LogP contribution in [0.4, 0.5) is 0 Å². The quantitative estimate of drug-likeness (QED) is 0.516. The van der Waals surface area contributed by atoms with Gasteiger partial charge in [-0.25, -0.2) is 0 Å². The lowest BCUT2D eigenvalue weighted by Gasteiger charge is -2.32. The SMILES string of the molecule is CC#Cc1c(C(C)(C)C)cc(C(C)(C)C)cc1C(C)(C)C. The van der Waals surface area contributed by atoms with Crippen molar-refractivity contribution in [3.8, 4) is 11.8 Å². The smallest absolute Gasteiger partial charge is 0.0320 e. The topological polar surface area (TPSA) is 0 Å². The molecule has 0 aromatic heterocycles. The molecule has 0 spiro atoms. The van der Waals surface area contributed by atoms with E-state index in [1.165, 1.54) is 22.3 Å². The molecule has 0 heteroatoms. The van der Waals surface area contributed by atoms with Gasteiger partial charge in [0.05, 0.1) is 0 Å². The van der Waals surface area contributed by atoms with Crippen molar-refractivity contribution in [3.63, 3.8) is 0 Å². The van der Waals surface area contributed by atoms with Crippen LogP contribution < -0.4 is 0 Å². The fourth-order valence-corrected chi connectivity index (χ4v) is 2.52. The summed E-state index contributed by atoms with van der Waals surface area (Å²) in [5.41, 5.74) is 5.71. The molecule has 0 bridgehead atoms. The third-order valence-electron chi connectivity index (χ3n) is 3.87. The van der Waals surface area contributed by atoms with E-state index in [1.807, 2.05) is 6.92 Å². The maximum Gasteiger partial charge on any atom is 0.0320 e. The van der Waals surface area contributed by atoms with Gasteiger partial charge in [-0.3, -0.25) is 0 Å². The second-order valence-electron chi connectivity index (χ2n) is 9.07. The molecule has 1 aromatic rings. The van der Waals surface area contributed by atoms with Crippen LogP contribution >= 0.6 is 0 Å². The molecule has 0 aliphatic heterocycles. The standard InChI is InChI=1S/C21H32/c1-11-12-16-17(20(5,6)7)13-15(19(2,3)4)14-18(16)21(8,9)10/h13-14H,1-10H3. The number of hydrogen-bond acceptors (Lipinski definition) is 0. The van der Waals surface area contributed by atoms with E-state index >= 15 is 0 Å². The van der Waals surface area contributed by atoms with Crippen LogP contribution in [0.25, 0.3) is 0 Å². The summed E-state index contributed by atoms with van der Waals surface area (Å²) in [6.45, 7) is 22.5. The van der Waals surface area contributed by atoms with Gasteiger partial charge in [0.15, 0.2) is 0 Å². The highest BCUT2D eigenvalue weighted by Crippen LogP contribution is 2.37. The Labute approximate surface area is 132 Å². The average molecular weight is 284 g/mol. The molecule has 0 fully saturated rings. The summed E-state index contributed by atoms with van der Waals surface area (Å²) in [6, 6.07) is 4.74. The summed E-state index contributed by atoms with van der Waals surface area (Å²) < 4.78 is 0. The molecule has 0 radical (unpaired) electrons. The van der Waals surface area contributed by atoms with Crippen LogP contribution in [0.15, 0.2) is 12.1 Å². The van der Waals surface area contributed by atoms with Gasteiger partial charge in [0.25, 0.3) is 0 Å².